The van der Waals surface area contributed by atoms with E-state index in [1.54, 1.807) is 0 Å². The fraction of sp³-hybridized carbons (Fsp3) is 0.0926. The number of hydrogen-bond donors (Lipinski definition) is 0. The summed E-state index contributed by atoms with van der Waals surface area (Å²) >= 11 is 1.83. The highest BCUT2D eigenvalue weighted by Crippen LogP contribution is 2.50. The SMILES string of the molecule is CC1(C)c2ccccc2-c2ccc(-c3ccc4c(c3)c3ccccc3n4-c3cc(-c4nc(-c5ccccc5)nc(C5C=CC=CC5)n4)c4c(c3)sc3ccccc34)cc21. The minimum Gasteiger partial charge on any atom is -0.309 e. The number of nitrogens with zero attached hydrogens (tertiary/aromatic N) is 4. The number of fused-ring (bicyclic) bond motifs is 9. The first-order valence-electron chi connectivity index (χ1n) is 20.4. The molecule has 0 amide bonds. The molecule has 2 aliphatic rings. The summed E-state index contributed by atoms with van der Waals surface area (Å²) in [5, 5.41) is 4.84. The largest absolute Gasteiger partial charge is 0.309 e. The van der Waals surface area contributed by atoms with E-state index >= 15 is 0 Å². The molecule has 0 fully saturated rings. The zero-order chi connectivity index (χ0) is 39.2. The zero-order valence-electron chi connectivity index (χ0n) is 32.7. The average molecular weight is 775 g/mol. The maximum Gasteiger partial charge on any atom is 0.164 e. The van der Waals surface area contributed by atoms with Gasteiger partial charge in [-0.1, -0.05) is 147 Å². The summed E-state index contributed by atoms with van der Waals surface area (Å²) in [6, 6.07) is 55.4. The number of thiophene rings is 1. The molecule has 0 radical (unpaired) electrons. The summed E-state index contributed by atoms with van der Waals surface area (Å²) in [6.45, 7) is 4.70. The smallest absolute Gasteiger partial charge is 0.164 e. The third kappa shape index (κ3) is 5.31. The van der Waals surface area contributed by atoms with Crippen LogP contribution in [-0.2, 0) is 5.41 Å². The number of hydrogen-bond acceptors (Lipinski definition) is 4. The second kappa shape index (κ2) is 13.0. The molecule has 4 nitrogen and oxygen atoms in total. The molecule has 12 rings (SSSR count). The van der Waals surface area contributed by atoms with Gasteiger partial charge in [-0.25, -0.2) is 15.0 Å². The van der Waals surface area contributed by atoms with Crippen molar-refractivity contribution in [3.8, 4) is 50.7 Å². The summed E-state index contributed by atoms with van der Waals surface area (Å²) in [4.78, 5) is 15.7. The molecule has 0 saturated heterocycles. The highest BCUT2D eigenvalue weighted by atomic mass is 32.1. The molecule has 1 atom stereocenters. The number of rotatable bonds is 5. The molecular formula is C54H38N4S. The fourth-order valence-corrected chi connectivity index (χ4v) is 10.8. The maximum atomic E-state index is 5.32. The molecule has 3 heterocycles. The van der Waals surface area contributed by atoms with Gasteiger partial charge >= 0.3 is 0 Å². The Labute approximate surface area is 346 Å². The molecule has 0 saturated carbocycles. The van der Waals surface area contributed by atoms with E-state index in [2.05, 4.69) is 176 Å². The Balaban J connectivity index is 1.07. The lowest BCUT2D eigenvalue weighted by Crippen LogP contribution is -2.14. The van der Waals surface area contributed by atoms with Crippen LogP contribution >= 0.6 is 11.3 Å². The van der Waals surface area contributed by atoms with Gasteiger partial charge in [0, 0.05) is 59.1 Å². The van der Waals surface area contributed by atoms with Gasteiger partial charge in [0.1, 0.15) is 5.82 Å². The lowest BCUT2D eigenvalue weighted by molar-refractivity contribution is 0.660. The van der Waals surface area contributed by atoms with E-state index in [0.717, 1.165) is 40.1 Å². The number of aromatic nitrogens is 4. The molecule has 3 aromatic heterocycles. The van der Waals surface area contributed by atoms with Crippen molar-refractivity contribution in [2.24, 2.45) is 0 Å². The van der Waals surface area contributed by atoms with Crippen LogP contribution in [-0.4, -0.2) is 19.5 Å². The van der Waals surface area contributed by atoms with Crippen LogP contribution in [0.25, 0.3) is 92.7 Å². The van der Waals surface area contributed by atoms with Crippen LogP contribution in [0.1, 0.15) is 43.1 Å². The molecular weight excluding hydrogens is 737 g/mol. The predicted octanol–water partition coefficient (Wildman–Crippen LogP) is 14.2. The van der Waals surface area contributed by atoms with Crippen molar-refractivity contribution in [1.82, 2.24) is 19.5 Å². The fourth-order valence-electron chi connectivity index (χ4n) is 9.63. The van der Waals surface area contributed by atoms with Crippen LogP contribution in [0.3, 0.4) is 0 Å². The third-order valence-electron chi connectivity index (χ3n) is 12.5. The minimum atomic E-state index is -0.0592. The van der Waals surface area contributed by atoms with Crippen LogP contribution < -0.4 is 0 Å². The van der Waals surface area contributed by atoms with Gasteiger partial charge in [-0.05, 0) is 82.3 Å². The monoisotopic (exact) mass is 774 g/mol. The van der Waals surface area contributed by atoms with Crippen molar-refractivity contribution >= 4 is 53.3 Å². The van der Waals surface area contributed by atoms with Gasteiger partial charge in [0.15, 0.2) is 11.6 Å². The van der Waals surface area contributed by atoms with Gasteiger partial charge in [-0.15, -0.1) is 11.3 Å². The van der Waals surface area contributed by atoms with Crippen LogP contribution in [0.15, 0.2) is 176 Å². The average Bonchev–Trinajstić information content (AvgIpc) is 3.91. The van der Waals surface area contributed by atoms with E-state index in [4.69, 9.17) is 15.0 Å². The molecule has 10 aromatic rings. The highest BCUT2D eigenvalue weighted by molar-refractivity contribution is 7.26. The third-order valence-corrected chi connectivity index (χ3v) is 13.7. The second-order valence-electron chi connectivity index (χ2n) is 16.3. The summed E-state index contributed by atoms with van der Waals surface area (Å²) in [6.07, 6.45) is 9.45. The standard InChI is InChI=1S/C54H38N4S/c1-54(2)44-22-12-9-19-38(44)39-27-25-36(30-45(39)54)35-26-28-47-42(29-35)40-20-10-13-23-46(40)58(47)37-31-43(50-41-21-11-14-24-48(41)59-49(50)32-37)53-56-51(33-15-5-3-6-16-33)55-52(57-53)34-17-7-4-8-18-34/h3-17,19-32,34H,18H2,1-2H3. The first-order chi connectivity index (χ1) is 29.0. The molecule has 5 heteroatoms. The van der Waals surface area contributed by atoms with Gasteiger partial charge in [-0.3, -0.25) is 0 Å². The van der Waals surface area contributed by atoms with Crippen molar-refractivity contribution < 1.29 is 0 Å². The number of para-hydroxylation sites is 1. The van der Waals surface area contributed by atoms with Gasteiger partial charge in [-0.2, -0.15) is 0 Å². The predicted molar refractivity (Wildman–Crippen MR) is 247 cm³/mol. The Morgan fingerprint density at radius 2 is 1.27 bits per heavy atom. The van der Waals surface area contributed by atoms with Crippen molar-refractivity contribution in [1.29, 1.82) is 0 Å². The van der Waals surface area contributed by atoms with E-state index in [0.29, 0.717) is 11.6 Å². The Morgan fingerprint density at radius 3 is 2.15 bits per heavy atom. The normalized spacial score (nSPS) is 15.4. The van der Waals surface area contributed by atoms with Crippen molar-refractivity contribution in [2.45, 2.75) is 31.6 Å². The topological polar surface area (TPSA) is 43.6 Å². The van der Waals surface area contributed by atoms with Crippen molar-refractivity contribution in [3.05, 3.63) is 193 Å². The Kier molecular flexibility index (Phi) is 7.54. The Bertz CT molecular complexity index is 3400. The lowest BCUT2D eigenvalue weighted by atomic mass is 9.81. The molecule has 59 heavy (non-hydrogen) atoms. The molecule has 0 N–H and O–H groups in total. The zero-order valence-corrected chi connectivity index (χ0v) is 33.5. The molecule has 2 aliphatic carbocycles. The van der Waals surface area contributed by atoms with Gasteiger partial charge in [0.25, 0.3) is 0 Å². The van der Waals surface area contributed by atoms with Crippen molar-refractivity contribution in [2.75, 3.05) is 0 Å². The molecule has 0 spiro atoms. The van der Waals surface area contributed by atoms with E-state index in [1.807, 2.05) is 29.5 Å². The van der Waals surface area contributed by atoms with Gasteiger partial charge in [0.2, 0.25) is 0 Å². The maximum absolute atomic E-state index is 5.32. The highest BCUT2D eigenvalue weighted by Gasteiger charge is 2.35. The first-order valence-corrected chi connectivity index (χ1v) is 21.2. The van der Waals surface area contributed by atoms with Crippen LogP contribution in [0, 0.1) is 0 Å². The van der Waals surface area contributed by atoms with E-state index in [1.165, 1.54) is 64.3 Å². The summed E-state index contributed by atoms with van der Waals surface area (Å²) in [5.41, 5.74) is 13.3. The number of benzene rings is 7. The van der Waals surface area contributed by atoms with Crippen LogP contribution in [0.2, 0.25) is 0 Å². The molecule has 7 aromatic carbocycles. The molecule has 0 aliphatic heterocycles. The molecule has 0 bridgehead atoms. The van der Waals surface area contributed by atoms with Crippen LogP contribution in [0.5, 0.6) is 0 Å². The Hall–Kier alpha value is -6.95. The van der Waals surface area contributed by atoms with E-state index in [9.17, 15) is 0 Å². The van der Waals surface area contributed by atoms with Crippen LogP contribution in [0.4, 0.5) is 0 Å². The first kappa shape index (κ1) is 34.1. The summed E-state index contributed by atoms with van der Waals surface area (Å²) in [7, 11) is 0. The van der Waals surface area contributed by atoms with E-state index in [-0.39, 0.29) is 11.3 Å². The Morgan fingerprint density at radius 1 is 0.542 bits per heavy atom. The van der Waals surface area contributed by atoms with Gasteiger partial charge in [0.05, 0.1) is 11.0 Å². The van der Waals surface area contributed by atoms with Gasteiger partial charge < -0.3 is 4.57 Å². The molecule has 1 unspecified atom stereocenters. The van der Waals surface area contributed by atoms with E-state index < -0.39 is 0 Å². The second-order valence-corrected chi connectivity index (χ2v) is 17.4. The van der Waals surface area contributed by atoms with Crippen molar-refractivity contribution in [3.63, 3.8) is 0 Å². The quantitative estimate of drug-likeness (QED) is 0.175. The summed E-state index contributed by atoms with van der Waals surface area (Å²) < 4.78 is 4.87. The summed E-state index contributed by atoms with van der Waals surface area (Å²) in [5.74, 6) is 2.24. The minimum absolute atomic E-state index is 0.0592. The lowest BCUT2D eigenvalue weighted by Gasteiger charge is -2.22. The number of allylic oxidation sites excluding steroid dienone is 4. The molecule has 280 valence electrons.